The maximum Gasteiger partial charge on any atom is 0.306 e. The number of esters is 3. The Bertz CT molecular complexity index is 870. The third kappa shape index (κ3) is 43.3. The van der Waals surface area contributed by atoms with Gasteiger partial charge in [-0.05, 0) is 44.9 Å². The van der Waals surface area contributed by atoms with Gasteiger partial charge < -0.3 is 14.2 Å². The van der Waals surface area contributed by atoms with Crippen molar-refractivity contribution in [1.29, 1.82) is 0 Å². The predicted octanol–water partition coefficient (Wildman–Crippen LogP) is 15.8. The topological polar surface area (TPSA) is 78.9 Å². The lowest BCUT2D eigenvalue weighted by Gasteiger charge is -2.18. The van der Waals surface area contributed by atoms with E-state index in [4.69, 9.17) is 14.2 Å². The lowest BCUT2D eigenvalue weighted by molar-refractivity contribution is -0.167. The first kappa shape index (κ1) is 54.2. The van der Waals surface area contributed by atoms with Gasteiger partial charge in [-0.3, -0.25) is 14.4 Å². The molecule has 1 unspecified atom stereocenters. The Morgan fingerprint density at radius 3 is 0.911 bits per heavy atom. The van der Waals surface area contributed by atoms with Crippen molar-refractivity contribution in [3.8, 4) is 0 Å². The molecule has 0 aromatic heterocycles. The minimum Gasteiger partial charge on any atom is -0.462 e. The van der Waals surface area contributed by atoms with Gasteiger partial charge in [-0.25, -0.2) is 0 Å². The van der Waals surface area contributed by atoms with Crippen LogP contribution in [-0.2, 0) is 28.6 Å². The van der Waals surface area contributed by atoms with Crippen molar-refractivity contribution in [3.63, 3.8) is 0 Å². The Morgan fingerprint density at radius 1 is 0.339 bits per heavy atom. The summed E-state index contributed by atoms with van der Waals surface area (Å²) in [5, 5.41) is 0. The molecule has 0 aromatic carbocycles. The van der Waals surface area contributed by atoms with Crippen LogP contribution < -0.4 is 0 Å². The predicted molar refractivity (Wildman–Crippen MR) is 238 cm³/mol. The van der Waals surface area contributed by atoms with Crippen LogP contribution in [0.1, 0.15) is 271 Å². The van der Waals surface area contributed by atoms with E-state index < -0.39 is 6.10 Å². The van der Waals surface area contributed by atoms with Crippen molar-refractivity contribution >= 4 is 17.9 Å². The first-order chi connectivity index (χ1) is 27.5. The van der Waals surface area contributed by atoms with E-state index in [1.807, 2.05) is 0 Å². The van der Waals surface area contributed by atoms with Crippen LogP contribution in [0.2, 0.25) is 0 Å². The molecular formula is C50H94O6. The Kier molecular flexibility index (Phi) is 44.3. The van der Waals surface area contributed by atoms with Crippen molar-refractivity contribution in [2.24, 2.45) is 0 Å². The highest BCUT2D eigenvalue weighted by Crippen LogP contribution is 2.16. The van der Waals surface area contributed by atoms with Crippen LogP contribution in [0.25, 0.3) is 0 Å². The zero-order chi connectivity index (χ0) is 40.8. The molecule has 0 amide bonds. The van der Waals surface area contributed by atoms with Crippen molar-refractivity contribution in [2.45, 2.75) is 277 Å². The molecule has 6 nitrogen and oxygen atoms in total. The fraction of sp³-hybridized carbons (Fsp3) is 0.900. The highest BCUT2D eigenvalue weighted by atomic mass is 16.6. The number of hydrogen-bond acceptors (Lipinski definition) is 6. The van der Waals surface area contributed by atoms with Crippen LogP contribution in [0.4, 0.5) is 0 Å². The van der Waals surface area contributed by atoms with E-state index in [0.29, 0.717) is 19.3 Å². The minimum absolute atomic E-state index is 0.0676. The largest absolute Gasteiger partial charge is 0.462 e. The summed E-state index contributed by atoms with van der Waals surface area (Å²) in [6.07, 6.45) is 49.0. The smallest absolute Gasteiger partial charge is 0.306 e. The summed E-state index contributed by atoms with van der Waals surface area (Å²) >= 11 is 0. The number of rotatable bonds is 45. The van der Waals surface area contributed by atoms with Crippen LogP contribution in [0.15, 0.2) is 12.2 Å². The van der Waals surface area contributed by atoms with Crippen LogP contribution >= 0.6 is 0 Å². The lowest BCUT2D eigenvalue weighted by atomic mass is 10.0. The van der Waals surface area contributed by atoms with Crippen molar-refractivity contribution in [1.82, 2.24) is 0 Å². The van der Waals surface area contributed by atoms with Crippen LogP contribution in [0, 0.1) is 0 Å². The average Bonchev–Trinajstić information content (AvgIpc) is 3.19. The average molecular weight is 791 g/mol. The van der Waals surface area contributed by atoms with Crippen molar-refractivity contribution in [2.75, 3.05) is 13.2 Å². The fourth-order valence-corrected chi connectivity index (χ4v) is 7.26. The molecule has 0 aliphatic rings. The van der Waals surface area contributed by atoms with E-state index in [0.717, 1.165) is 64.2 Å². The number of hydrogen-bond donors (Lipinski definition) is 0. The zero-order valence-electron chi connectivity index (χ0n) is 37.7. The van der Waals surface area contributed by atoms with E-state index in [-0.39, 0.29) is 31.1 Å². The monoisotopic (exact) mass is 791 g/mol. The summed E-state index contributed by atoms with van der Waals surface area (Å²) in [5.74, 6) is -0.864. The van der Waals surface area contributed by atoms with Gasteiger partial charge >= 0.3 is 17.9 Å². The fourth-order valence-electron chi connectivity index (χ4n) is 7.26. The second-order valence-electron chi connectivity index (χ2n) is 16.7. The molecule has 0 fully saturated rings. The molecule has 0 saturated carbocycles. The van der Waals surface area contributed by atoms with Crippen LogP contribution in [-0.4, -0.2) is 37.2 Å². The van der Waals surface area contributed by atoms with Gasteiger partial charge in [0.25, 0.3) is 0 Å². The molecule has 0 spiro atoms. The first-order valence-corrected chi connectivity index (χ1v) is 24.7. The summed E-state index contributed by atoms with van der Waals surface area (Å²) in [6, 6.07) is 0. The molecular weight excluding hydrogens is 697 g/mol. The summed E-state index contributed by atoms with van der Waals surface area (Å²) in [5.41, 5.74) is 0. The SMILES string of the molecule is CCCCCC/C=C\CCCCCCCC(=O)OCC(COC(=O)CCCCCCCCCCCCCC)OC(=O)CCCCCCCCCCCCCCC. The summed E-state index contributed by atoms with van der Waals surface area (Å²) in [6.45, 7) is 6.63. The molecule has 0 aromatic rings. The molecule has 0 heterocycles. The van der Waals surface area contributed by atoms with E-state index in [2.05, 4.69) is 32.9 Å². The van der Waals surface area contributed by atoms with E-state index >= 15 is 0 Å². The number of allylic oxidation sites excluding steroid dienone is 2. The van der Waals surface area contributed by atoms with Gasteiger partial charge in [0.2, 0.25) is 0 Å². The van der Waals surface area contributed by atoms with E-state index in [9.17, 15) is 14.4 Å². The molecule has 0 aliphatic heterocycles. The summed E-state index contributed by atoms with van der Waals surface area (Å²) < 4.78 is 16.8. The number of ether oxygens (including phenoxy) is 3. The Labute approximate surface area is 348 Å². The van der Waals surface area contributed by atoms with E-state index in [1.54, 1.807) is 0 Å². The van der Waals surface area contributed by atoms with Gasteiger partial charge in [-0.1, -0.05) is 219 Å². The number of carbonyl (C=O) groups is 3. The molecule has 0 radical (unpaired) electrons. The molecule has 0 bridgehead atoms. The van der Waals surface area contributed by atoms with Crippen molar-refractivity contribution in [3.05, 3.63) is 12.2 Å². The second kappa shape index (κ2) is 45.8. The van der Waals surface area contributed by atoms with Gasteiger partial charge in [-0.15, -0.1) is 0 Å². The van der Waals surface area contributed by atoms with Crippen LogP contribution in [0.3, 0.4) is 0 Å². The molecule has 56 heavy (non-hydrogen) atoms. The molecule has 0 rings (SSSR count). The van der Waals surface area contributed by atoms with Crippen molar-refractivity contribution < 1.29 is 28.6 Å². The molecule has 330 valence electrons. The molecule has 1 atom stereocenters. The number of unbranched alkanes of at least 4 members (excludes halogenated alkanes) is 32. The Balaban J connectivity index is 4.34. The minimum atomic E-state index is -0.765. The molecule has 0 saturated heterocycles. The van der Waals surface area contributed by atoms with Gasteiger partial charge in [0.05, 0.1) is 0 Å². The maximum absolute atomic E-state index is 12.7. The summed E-state index contributed by atoms with van der Waals surface area (Å²) in [7, 11) is 0. The normalized spacial score (nSPS) is 12.0. The Morgan fingerprint density at radius 2 is 0.589 bits per heavy atom. The standard InChI is InChI=1S/C50H94O6/c1-4-7-10-13-16-19-22-25-28-31-34-37-40-43-49(52)55-46-47(45-54-48(51)42-39-36-33-30-27-24-21-18-15-12-9-6-3)56-50(53)44-41-38-35-32-29-26-23-20-17-14-11-8-5-2/h19,22,47H,4-18,20-21,23-46H2,1-3H3/b22-19-. The zero-order valence-corrected chi connectivity index (χ0v) is 37.7. The van der Waals surface area contributed by atoms with Gasteiger partial charge in [-0.2, -0.15) is 0 Å². The summed E-state index contributed by atoms with van der Waals surface area (Å²) in [4.78, 5) is 37.8. The highest BCUT2D eigenvalue weighted by molar-refractivity contribution is 5.71. The van der Waals surface area contributed by atoms with Gasteiger partial charge in [0.15, 0.2) is 6.10 Å². The highest BCUT2D eigenvalue weighted by Gasteiger charge is 2.19. The van der Waals surface area contributed by atoms with Gasteiger partial charge in [0.1, 0.15) is 13.2 Å². The maximum atomic E-state index is 12.7. The second-order valence-corrected chi connectivity index (χ2v) is 16.7. The Hall–Kier alpha value is -1.85. The third-order valence-electron chi connectivity index (χ3n) is 11.0. The number of carbonyl (C=O) groups excluding carboxylic acids is 3. The third-order valence-corrected chi connectivity index (χ3v) is 11.0. The van der Waals surface area contributed by atoms with Crippen LogP contribution in [0.5, 0.6) is 0 Å². The molecule has 6 heteroatoms. The molecule has 0 N–H and O–H groups in total. The lowest BCUT2D eigenvalue weighted by Crippen LogP contribution is -2.30. The quantitative estimate of drug-likeness (QED) is 0.0264. The molecule has 0 aliphatic carbocycles. The van der Waals surface area contributed by atoms with E-state index in [1.165, 1.54) is 167 Å². The first-order valence-electron chi connectivity index (χ1n) is 24.7. The van der Waals surface area contributed by atoms with Gasteiger partial charge in [0, 0.05) is 19.3 Å².